The Bertz CT molecular complexity index is 5830. The number of nitrogens with zero attached hydrogens (tertiary/aromatic N) is 4. The number of anilines is 12. The van der Waals surface area contributed by atoms with Gasteiger partial charge in [-0.2, -0.15) is 0 Å². The van der Waals surface area contributed by atoms with Crippen LogP contribution in [0.4, 0.5) is 68.2 Å². The molecule has 108 heavy (non-hydrogen) atoms. The lowest BCUT2D eigenvalue weighted by molar-refractivity contribution is 1.30. The number of para-hydroxylation sites is 4. The molecule has 4 nitrogen and oxygen atoms in total. The second-order valence-corrected chi connectivity index (χ2v) is 27.5. The van der Waals surface area contributed by atoms with Crippen molar-refractivity contribution in [2.45, 2.75) is 0 Å². The maximum atomic E-state index is 2.38. The third kappa shape index (κ3) is 12.1. The fourth-order valence-electron chi connectivity index (χ4n) is 16.1. The molecule has 0 fully saturated rings. The minimum atomic E-state index is 1.11. The predicted molar refractivity (Wildman–Crippen MR) is 463 cm³/mol. The van der Waals surface area contributed by atoms with E-state index in [1.807, 2.05) is 0 Å². The average Bonchev–Trinajstić information content (AvgIpc) is 0.770. The standard InChI is InChI=1S/2C52H36N2/c2*1-3-17-41(18-4-1)53(51-35-39-15-7-9-21-45(39)47-23-11-13-25-49(47)51)43-31-27-37(28-32-43)38-29-33-44(34-30-38)54(42-19-5-2-6-20-42)52-36-40-16-8-10-22-46(40)48-24-12-14-26-50(48)52/h2*1-36H. The van der Waals surface area contributed by atoms with Crippen molar-refractivity contribution in [3.8, 4) is 22.3 Å². The quantitative estimate of drug-likeness (QED) is 0.101. The summed E-state index contributed by atoms with van der Waals surface area (Å²) < 4.78 is 0. The number of benzene rings is 20. The van der Waals surface area contributed by atoms with E-state index < -0.39 is 0 Å². The minimum Gasteiger partial charge on any atom is -0.310 e. The van der Waals surface area contributed by atoms with Crippen LogP contribution in [-0.2, 0) is 0 Å². The molecule has 0 atom stereocenters. The zero-order chi connectivity index (χ0) is 71.7. The molecule has 0 aliphatic carbocycles. The summed E-state index contributed by atoms with van der Waals surface area (Å²) in [6, 6.07) is 158. The summed E-state index contributed by atoms with van der Waals surface area (Å²) in [5.74, 6) is 0. The Kier molecular flexibility index (Phi) is 17.0. The Morgan fingerprint density at radius 2 is 0.259 bits per heavy atom. The Morgan fingerprint density at radius 3 is 0.454 bits per heavy atom. The van der Waals surface area contributed by atoms with Gasteiger partial charge in [0.15, 0.2) is 0 Å². The van der Waals surface area contributed by atoms with Gasteiger partial charge < -0.3 is 19.6 Å². The van der Waals surface area contributed by atoms with Gasteiger partial charge in [-0.1, -0.05) is 315 Å². The van der Waals surface area contributed by atoms with Gasteiger partial charge in [-0.05, 0) is 208 Å². The highest BCUT2D eigenvalue weighted by molar-refractivity contribution is 6.18. The fourth-order valence-corrected chi connectivity index (χ4v) is 16.1. The third-order valence-electron chi connectivity index (χ3n) is 21.2. The first-order valence-electron chi connectivity index (χ1n) is 37.0. The summed E-state index contributed by atoms with van der Waals surface area (Å²) in [5, 5.41) is 19.9. The van der Waals surface area contributed by atoms with Crippen LogP contribution in [0.3, 0.4) is 0 Å². The Balaban J connectivity index is 0.000000147. The summed E-state index contributed by atoms with van der Waals surface area (Å²) in [5.41, 5.74) is 18.3. The maximum absolute atomic E-state index is 2.38. The van der Waals surface area contributed by atoms with Crippen LogP contribution >= 0.6 is 0 Å². The molecule has 0 aliphatic rings. The fraction of sp³-hybridized carbons (Fsp3) is 0. The number of fused-ring (bicyclic) bond motifs is 12. The number of rotatable bonds is 14. The zero-order valence-corrected chi connectivity index (χ0v) is 59.4. The smallest absolute Gasteiger partial charge is 0.0546 e. The molecule has 0 amide bonds. The van der Waals surface area contributed by atoms with Crippen molar-refractivity contribution in [3.05, 3.63) is 437 Å². The summed E-state index contributed by atoms with van der Waals surface area (Å²) in [6.45, 7) is 0. The zero-order valence-electron chi connectivity index (χ0n) is 59.4. The summed E-state index contributed by atoms with van der Waals surface area (Å²) in [6.07, 6.45) is 0. The van der Waals surface area contributed by atoms with E-state index >= 15 is 0 Å². The lowest BCUT2D eigenvalue weighted by atomic mass is 9.98. The monoisotopic (exact) mass is 1380 g/mol. The van der Waals surface area contributed by atoms with Gasteiger partial charge in [0.1, 0.15) is 0 Å². The van der Waals surface area contributed by atoms with Crippen molar-refractivity contribution in [2.24, 2.45) is 0 Å². The van der Waals surface area contributed by atoms with Crippen LogP contribution in [0.5, 0.6) is 0 Å². The normalized spacial score (nSPS) is 11.3. The largest absolute Gasteiger partial charge is 0.310 e. The molecular weight excluding hydrogens is 1310 g/mol. The van der Waals surface area contributed by atoms with Crippen LogP contribution < -0.4 is 19.6 Å². The third-order valence-corrected chi connectivity index (χ3v) is 21.2. The van der Waals surface area contributed by atoms with Crippen molar-refractivity contribution in [2.75, 3.05) is 19.6 Å². The van der Waals surface area contributed by atoms with E-state index in [1.165, 1.54) is 108 Å². The highest BCUT2D eigenvalue weighted by atomic mass is 15.2. The first kappa shape index (κ1) is 64.5. The first-order chi connectivity index (χ1) is 53.6. The van der Waals surface area contributed by atoms with E-state index in [9.17, 15) is 0 Å². The van der Waals surface area contributed by atoms with Crippen LogP contribution in [0.1, 0.15) is 0 Å². The van der Waals surface area contributed by atoms with Crippen LogP contribution in [-0.4, -0.2) is 0 Å². The number of hydrogen-bond donors (Lipinski definition) is 0. The molecular formula is C104H72N4. The van der Waals surface area contributed by atoms with Crippen molar-refractivity contribution in [1.29, 1.82) is 0 Å². The molecule has 0 saturated heterocycles. The molecule has 20 rings (SSSR count). The lowest BCUT2D eigenvalue weighted by Gasteiger charge is -2.28. The molecule has 0 bridgehead atoms. The molecule has 0 spiro atoms. The van der Waals surface area contributed by atoms with Gasteiger partial charge in [0, 0.05) is 67.0 Å². The molecule has 0 N–H and O–H groups in total. The second kappa shape index (κ2) is 28.4. The molecule has 0 saturated carbocycles. The Labute approximate surface area is 629 Å². The van der Waals surface area contributed by atoms with Gasteiger partial charge in [-0.3, -0.25) is 0 Å². The van der Waals surface area contributed by atoms with Crippen LogP contribution in [0.25, 0.3) is 108 Å². The van der Waals surface area contributed by atoms with E-state index in [1.54, 1.807) is 0 Å². The average molecular weight is 1380 g/mol. The van der Waals surface area contributed by atoms with E-state index in [2.05, 4.69) is 456 Å². The van der Waals surface area contributed by atoms with Crippen molar-refractivity contribution in [3.63, 3.8) is 0 Å². The number of hydrogen-bond acceptors (Lipinski definition) is 4. The predicted octanol–water partition coefficient (Wildman–Crippen LogP) is 29.8. The van der Waals surface area contributed by atoms with Crippen LogP contribution in [0, 0.1) is 0 Å². The van der Waals surface area contributed by atoms with Gasteiger partial charge in [0.05, 0.1) is 22.7 Å². The molecule has 20 aromatic carbocycles. The van der Waals surface area contributed by atoms with Gasteiger partial charge in [0.2, 0.25) is 0 Å². The summed E-state index contributed by atoms with van der Waals surface area (Å²) in [7, 11) is 0. The molecule has 0 radical (unpaired) electrons. The van der Waals surface area contributed by atoms with Gasteiger partial charge in [0.25, 0.3) is 0 Å². The van der Waals surface area contributed by atoms with Gasteiger partial charge >= 0.3 is 0 Å². The SMILES string of the molecule is c1ccc(N(c2ccc(-c3ccc(N(c4ccccc4)c4cc5ccccc5c5ccccc45)cc3)cc2)c2cc3ccccc3c3ccccc23)cc1.c1ccc(N(c2ccc(-c3ccc(N(c4ccccc4)c4cc5ccccc5c5ccccc45)cc3)cc2)c2cc3ccccc3c3ccccc23)cc1. The molecule has 0 aliphatic heterocycles. The molecule has 508 valence electrons. The topological polar surface area (TPSA) is 13.0 Å². The highest BCUT2D eigenvalue weighted by Crippen LogP contribution is 2.48. The molecule has 20 aromatic rings. The highest BCUT2D eigenvalue weighted by Gasteiger charge is 2.23. The van der Waals surface area contributed by atoms with Gasteiger partial charge in [-0.25, -0.2) is 0 Å². The lowest BCUT2D eigenvalue weighted by Crippen LogP contribution is -2.10. The van der Waals surface area contributed by atoms with Crippen molar-refractivity contribution < 1.29 is 0 Å². The summed E-state index contributed by atoms with van der Waals surface area (Å²) in [4.78, 5) is 9.53. The van der Waals surface area contributed by atoms with Crippen LogP contribution in [0.15, 0.2) is 437 Å². The van der Waals surface area contributed by atoms with Crippen molar-refractivity contribution >= 4 is 154 Å². The van der Waals surface area contributed by atoms with E-state index in [0.29, 0.717) is 0 Å². The molecule has 4 heteroatoms. The molecule has 0 aromatic heterocycles. The molecule has 0 heterocycles. The first-order valence-corrected chi connectivity index (χ1v) is 37.0. The Hall–Kier alpha value is -14.3. The van der Waals surface area contributed by atoms with Crippen molar-refractivity contribution in [1.82, 2.24) is 0 Å². The van der Waals surface area contributed by atoms with E-state index in [0.717, 1.165) is 68.2 Å². The van der Waals surface area contributed by atoms with E-state index in [-0.39, 0.29) is 0 Å². The second-order valence-electron chi connectivity index (χ2n) is 27.5. The van der Waals surface area contributed by atoms with E-state index in [4.69, 9.17) is 0 Å². The maximum Gasteiger partial charge on any atom is 0.0546 e. The summed E-state index contributed by atoms with van der Waals surface area (Å²) >= 11 is 0. The van der Waals surface area contributed by atoms with Crippen LogP contribution in [0.2, 0.25) is 0 Å². The molecule has 0 unspecified atom stereocenters. The Morgan fingerprint density at radius 1 is 0.111 bits per heavy atom. The minimum absolute atomic E-state index is 1.11. The van der Waals surface area contributed by atoms with Gasteiger partial charge in [-0.15, -0.1) is 0 Å².